The molecule has 5 nitrogen and oxygen atoms in total. The Kier molecular flexibility index (Phi) is 5.85. The molecule has 2 atom stereocenters. The maximum absolute atomic E-state index is 13.6. The van der Waals surface area contributed by atoms with Crippen LogP contribution in [0.5, 0.6) is 0 Å². The average Bonchev–Trinajstić information content (AvgIpc) is 2.64. The number of hydrogen-bond acceptors (Lipinski definition) is 4. The van der Waals surface area contributed by atoms with Gasteiger partial charge in [0.15, 0.2) is 11.6 Å². The molecular weight excluding hydrogens is 372 g/mol. The van der Waals surface area contributed by atoms with E-state index in [1.54, 1.807) is 18.2 Å². The van der Waals surface area contributed by atoms with Crippen LogP contribution in [0.2, 0.25) is 0 Å². The molecule has 0 amide bonds. The van der Waals surface area contributed by atoms with E-state index in [4.69, 9.17) is 5.26 Å². The van der Waals surface area contributed by atoms with Crippen LogP contribution in [0, 0.1) is 23.0 Å². The Morgan fingerprint density at radius 3 is 2.74 bits per heavy atom. The second-order valence-electron chi connectivity index (χ2n) is 6.57. The van der Waals surface area contributed by atoms with Crippen molar-refractivity contribution in [1.82, 2.24) is 10.0 Å². The minimum atomic E-state index is -3.69. The summed E-state index contributed by atoms with van der Waals surface area (Å²) in [5.41, 5.74) is 1.46. The molecule has 1 saturated heterocycles. The predicted molar refractivity (Wildman–Crippen MR) is 97.3 cm³/mol. The zero-order valence-corrected chi connectivity index (χ0v) is 15.3. The van der Waals surface area contributed by atoms with Crippen LogP contribution >= 0.6 is 0 Å². The van der Waals surface area contributed by atoms with Crippen LogP contribution in [-0.2, 0) is 15.8 Å². The first kappa shape index (κ1) is 19.4. The lowest BCUT2D eigenvalue weighted by Gasteiger charge is -2.33. The van der Waals surface area contributed by atoms with Crippen LogP contribution in [0.15, 0.2) is 42.5 Å². The van der Waals surface area contributed by atoms with Gasteiger partial charge in [0.05, 0.1) is 17.4 Å². The topological polar surface area (TPSA) is 82.0 Å². The van der Waals surface area contributed by atoms with Crippen molar-refractivity contribution < 1.29 is 17.2 Å². The molecular formula is C19H19F2N3O2S. The van der Waals surface area contributed by atoms with Crippen molar-refractivity contribution in [3.8, 4) is 6.07 Å². The van der Waals surface area contributed by atoms with Crippen molar-refractivity contribution in [2.24, 2.45) is 0 Å². The molecule has 142 valence electrons. The second-order valence-corrected chi connectivity index (χ2v) is 8.32. The molecule has 1 fully saturated rings. The maximum Gasteiger partial charge on any atom is 0.216 e. The number of piperidine rings is 1. The quantitative estimate of drug-likeness (QED) is 0.820. The van der Waals surface area contributed by atoms with Gasteiger partial charge in [-0.25, -0.2) is 21.9 Å². The van der Waals surface area contributed by atoms with Gasteiger partial charge in [-0.1, -0.05) is 18.2 Å². The lowest BCUT2D eigenvalue weighted by Crippen LogP contribution is -2.50. The van der Waals surface area contributed by atoms with Gasteiger partial charge in [0, 0.05) is 18.5 Å². The first-order chi connectivity index (χ1) is 12.9. The van der Waals surface area contributed by atoms with Crippen LogP contribution in [0.4, 0.5) is 8.78 Å². The molecule has 0 aliphatic carbocycles. The van der Waals surface area contributed by atoms with Crippen molar-refractivity contribution in [3.63, 3.8) is 0 Å². The SMILES string of the molecule is N#Cc1cccc(CS(=O)(=O)NC2CNCCC2c2ccc(F)c(F)c2)c1. The highest BCUT2D eigenvalue weighted by atomic mass is 32.2. The number of sulfonamides is 1. The molecule has 1 aliphatic heterocycles. The van der Waals surface area contributed by atoms with Crippen molar-refractivity contribution in [3.05, 3.63) is 70.8 Å². The molecule has 1 aliphatic rings. The summed E-state index contributed by atoms with van der Waals surface area (Å²) in [6.45, 7) is 1.05. The van der Waals surface area contributed by atoms with E-state index in [1.165, 1.54) is 12.1 Å². The molecule has 2 unspecified atom stereocenters. The van der Waals surface area contributed by atoms with Crippen LogP contribution < -0.4 is 10.0 Å². The minimum Gasteiger partial charge on any atom is -0.315 e. The fourth-order valence-electron chi connectivity index (χ4n) is 3.35. The molecule has 0 saturated carbocycles. The van der Waals surface area contributed by atoms with Gasteiger partial charge < -0.3 is 5.32 Å². The molecule has 0 radical (unpaired) electrons. The minimum absolute atomic E-state index is 0.260. The summed E-state index contributed by atoms with van der Waals surface area (Å²) in [5, 5.41) is 12.1. The molecule has 2 N–H and O–H groups in total. The highest BCUT2D eigenvalue weighted by Gasteiger charge is 2.30. The Morgan fingerprint density at radius 2 is 2.00 bits per heavy atom. The van der Waals surface area contributed by atoms with E-state index in [0.29, 0.717) is 36.2 Å². The molecule has 0 spiro atoms. The molecule has 2 aromatic carbocycles. The number of nitrogens with one attached hydrogen (secondary N) is 2. The number of nitriles is 1. The zero-order chi connectivity index (χ0) is 19.4. The van der Waals surface area contributed by atoms with E-state index in [2.05, 4.69) is 10.0 Å². The number of halogens is 2. The zero-order valence-electron chi connectivity index (χ0n) is 14.5. The molecule has 0 aromatic heterocycles. The third-order valence-corrected chi connectivity index (χ3v) is 5.97. The summed E-state index contributed by atoms with van der Waals surface area (Å²) in [6.07, 6.45) is 0.599. The van der Waals surface area contributed by atoms with Gasteiger partial charge in [-0.2, -0.15) is 5.26 Å². The average molecular weight is 391 g/mol. The van der Waals surface area contributed by atoms with E-state index in [-0.39, 0.29) is 11.7 Å². The van der Waals surface area contributed by atoms with Gasteiger partial charge >= 0.3 is 0 Å². The summed E-state index contributed by atoms with van der Waals surface area (Å²) < 4.78 is 54.7. The highest BCUT2D eigenvalue weighted by molar-refractivity contribution is 7.88. The van der Waals surface area contributed by atoms with Gasteiger partial charge in [0.25, 0.3) is 0 Å². The third-order valence-electron chi connectivity index (χ3n) is 4.60. The third kappa shape index (κ3) is 4.89. The first-order valence-corrected chi connectivity index (χ1v) is 10.2. The van der Waals surface area contributed by atoms with E-state index in [0.717, 1.165) is 12.1 Å². The summed E-state index contributed by atoms with van der Waals surface area (Å²) in [5.74, 6) is -2.39. The number of benzene rings is 2. The number of rotatable bonds is 5. The standard InChI is InChI=1S/C19H19F2N3O2S/c20-17-5-4-15(9-18(17)21)16-6-7-23-11-19(16)24-27(25,26)12-14-3-1-2-13(8-14)10-22/h1-5,8-9,16,19,23-24H,6-7,11-12H2. The molecule has 27 heavy (non-hydrogen) atoms. The predicted octanol–water partition coefficient (Wildman–Crippen LogP) is 2.40. The lowest BCUT2D eigenvalue weighted by atomic mass is 9.86. The monoisotopic (exact) mass is 391 g/mol. The first-order valence-electron chi connectivity index (χ1n) is 8.52. The van der Waals surface area contributed by atoms with Gasteiger partial charge in [0.1, 0.15) is 0 Å². The van der Waals surface area contributed by atoms with Gasteiger partial charge in [-0.05, 0) is 48.4 Å². The van der Waals surface area contributed by atoms with Crippen LogP contribution in [0.1, 0.15) is 29.0 Å². The molecule has 0 bridgehead atoms. The largest absolute Gasteiger partial charge is 0.315 e. The van der Waals surface area contributed by atoms with Gasteiger partial charge in [-0.15, -0.1) is 0 Å². The van der Waals surface area contributed by atoms with E-state index < -0.39 is 27.7 Å². The molecule has 8 heteroatoms. The summed E-state index contributed by atoms with van der Waals surface area (Å²) in [6, 6.07) is 11.6. The van der Waals surface area contributed by atoms with Crippen LogP contribution in [0.25, 0.3) is 0 Å². The summed E-state index contributed by atoms with van der Waals surface area (Å²) in [7, 11) is -3.69. The maximum atomic E-state index is 13.6. The van der Waals surface area contributed by atoms with Crippen molar-refractivity contribution >= 4 is 10.0 Å². The van der Waals surface area contributed by atoms with E-state index >= 15 is 0 Å². The Bertz CT molecular complexity index is 973. The molecule has 2 aromatic rings. The summed E-state index contributed by atoms with van der Waals surface area (Å²) >= 11 is 0. The van der Waals surface area contributed by atoms with E-state index in [9.17, 15) is 17.2 Å². The second kappa shape index (κ2) is 8.13. The fourth-order valence-corrected chi connectivity index (χ4v) is 4.76. The fraction of sp³-hybridized carbons (Fsp3) is 0.316. The van der Waals surface area contributed by atoms with E-state index in [1.807, 2.05) is 6.07 Å². The number of nitrogens with zero attached hydrogens (tertiary/aromatic N) is 1. The Labute approximate surface area is 157 Å². The molecule has 3 rings (SSSR count). The number of hydrogen-bond donors (Lipinski definition) is 2. The molecule has 1 heterocycles. The lowest BCUT2D eigenvalue weighted by molar-refractivity contribution is 0.376. The van der Waals surface area contributed by atoms with Gasteiger partial charge in [0.2, 0.25) is 10.0 Å². The Hall–Kier alpha value is -2.34. The highest BCUT2D eigenvalue weighted by Crippen LogP contribution is 2.27. The summed E-state index contributed by atoms with van der Waals surface area (Å²) in [4.78, 5) is 0. The smallest absolute Gasteiger partial charge is 0.216 e. The van der Waals surface area contributed by atoms with Crippen molar-refractivity contribution in [1.29, 1.82) is 5.26 Å². The van der Waals surface area contributed by atoms with Crippen molar-refractivity contribution in [2.75, 3.05) is 13.1 Å². The van der Waals surface area contributed by atoms with Crippen LogP contribution in [0.3, 0.4) is 0 Å². The normalized spacial score (nSPS) is 20.2. The van der Waals surface area contributed by atoms with Crippen molar-refractivity contribution in [2.45, 2.75) is 24.1 Å². The Balaban J connectivity index is 1.78. The Morgan fingerprint density at radius 1 is 1.19 bits per heavy atom. The van der Waals surface area contributed by atoms with Gasteiger partial charge in [-0.3, -0.25) is 0 Å². The van der Waals surface area contributed by atoms with Crippen LogP contribution in [-0.4, -0.2) is 27.5 Å².